The number of methoxy groups -OCH3 is 1. The Morgan fingerprint density at radius 2 is 1.90 bits per heavy atom. The minimum Gasteiger partial charge on any atom is -0.493 e. The molecule has 0 fully saturated rings. The summed E-state index contributed by atoms with van der Waals surface area (Å²) in [6, 6.07) is 18.5. The van der Waals surface area contributed by atoms with Gasteiger partial charge in [-0.3, -0.25) is 4.79 Å². The van der Waals surface area contributed by atoms with Crippen LogP contribution in [0.25, 0.3) is 0 Å². The van der Waals surface area contributed by atoms with E-state index in [1.807, 2.05) is 69.3 Å². The Balaban J connectivity index is 1.51. The molecule has 40 heavy (non-hydrogen) atoms. The van der Waals surface area contributed by atoms with Crippen LogP contribution in [0.1, 0.15) is 36.6 Å². The molecule has 0 spiro atoms. The predicted molar refractivity (Wildman–Crippen MR) is 155 cm³/mol. The molecule has 0 saturated carbocycles. The van der Waals surface area contributed by atoms with Crippen molar-refractivity contribution in [3.63, 3.8) is 0 Å². The second-order valence-corrected chi connectivity index (χ2v) is 10.1. The van der Waals surface area contributed by atoms with Gasteiger partial charge in [0.05, 0.1) is 29.4 Å². The molecule has 2 N–H and O–H groups in total. The standard InChI is InChI=1S/C29H29BrN6O4/c1-5-39-23-12-7-6-11-22(23)32-28(37)25-18(3)31-29-33-34-35-36(29)26(25)20-14-21(30)27(24(15-20)38-4)40-16-19-10-8-9-17(2)13-19/h6-15,26H,5,16H2,1-4H3,(H,32,37)(H,31,33,35). The summed E-state index contributed by atoms with van der Waals surface area (Å²) >= 11 is 3.66. The Hall–Kier alpha value is -4.38. The second kappa shape index (κ2) is 11.8. The van der Waals surface area contributed by atoms with Crippen molar-refractivity contribution in [2.45, 2.75) is 33.4 Å². The number of benzene rings is 3. The second-order valence-electron chi connectivity index (χ2n) is 9.21. The number of fused-ring (bicyclic) bond motifs is 1. The van der Waals surface area contributed by atoms with Gasteiger partial charge in [-0.1, -0.05) is 47.1 Å². The van der Waals surface area contributed by atoms with E-state index in [0.29, 0.717) is 57.8 Å². The molecule has 0 aliphatic carbocycles. The highest BCUT2D eigenvalue weighted by atomic mass is 79.9. The third-order valence-electron chi connectivity index (χ3n) is 6.43. The number of hydrogen-bond acceptors (Lipinski definition) is 8. The summed E-state index contributed by atoms with van der Waals surface area (Å²) in [5.41, 5.74) is 4.54. The van der Waals surface area contributed by atoms with Gasteiger partial charge in [0.2, 0.25) is 5.95 Å². The van der Waals surface area contributed by atoms with Gasteiger partial charge in [-0.2, -0.15) is 4.68 Å². The predicted octanol–water partition coefficient (Wildman–Crippen LogP) is 5.66. The highest BCUT2D eigenvalue weighted by molar-refractivity contribution is 9.10. The maximum atomic E-state index is 13.8. The molecule has 1 atom stereocenters. The molecule has 5 rings (SSSR count). The van der Waals surface area contributed by atoms with Crippen LogP contribution in [-0.4, -0.2) is 39.8 Å². The first-order valence-corrected chi connectivity index (χ1v) is 13.5. The van der Waals surface area contributed by atoms with Crippen LogP contribution in [0.2, 0.25) is 0 Å². The Bertz CT molecular complexity index is 1580. The van der Waals surface area contributed by atoms with Gasteiger partial charge < -0.3 is 24.8 Å². The van der Waals surface area contributed by atoms with E-state index < -0.39 is 6.04 Å². The van der Waals surface area contributed by atoms with E-state index in [0.717, 1.165) is 16.7 Å². The van der Waals surface area contributed by atoms with Gasteiger partial charge in [0.1, 0.15) is 18.4 Å². The van der Waals surface area contributed by atoms with Gasteiger partial charge in [0.25, 0.3) is 5.91 Å². The van der Waals surface area contributed by atoms with Crippen molar-refractivity contribution >= 4 is 33.5 Å². The van der Waals surface area contributed by atoms with Gasteiger partial charge >= 0.3 is 0 Å². The molecule has 206 valence electrons. The maximum absolute atomic E-state index is 13.8. The lowest BCUT2D eigenvalue weighted by atomic mass is 9.94. The molecule has 0 radical (unpaired) electrons. The number of halogens is 1. The van der Waals surface area contributed by atoms with Crippen molar-refractivity contribution in [1.29, 1.82) is 0 Å². The van der Waals surface area contributed by atoms with E-state index >= 15 is 0 Å². The van der Waals surface area contributed by atoms with E-state index in [1.165, 1.54) is 0 Å². The van der Waals surface area contributed by atoms with Gasteiger partial charge in [-0.25, -0.2) is 0 Å². The number of nitrogens with zero attached hydrogens (tertiary/aromatic N) is 4. The lowest BCUT2D eigenvalue weighted by molar-refractivity contribution is -0.113. The van der Waals surface area contributed by atoms with E-state index in [4.69, 9.17) is 14.2 Å². The van der Waals surface area contributed by atoms with E-state index in [2.05, 4.69) is 48.2 Å². The van der Waals surface area contributed by atoms with Gasteiger partial charge in [-0.15, -0.1) is 0 Å². The molecular formula is C29H29BrN6O4. The molecule has 1 unspecified atom stereocenters. The van der Waals surface area contributed by atoms with Crippen LogP contribution < -0.4 is 24.8 Å². The molecule has 1 aromatic heterocycles. The normalized spacial score (nSPS) is 14.3. The van der Waals surface area contributed by atoms with Crippen LogP contribution >= 0.6 is 15.9 Å². The minimum absolute atomic E-state index is 0.321. The smallest absolute Gasteiger partial charge is 0.255 e. The molecule has 1 aliphatic rings. The number of carbonyl (C=O) groups excluding carboxylic acids is 1. The number of ether oxygens (including phenoxy) is 3. The molecule has 1 aliphatic heterocycles. The van der Waals surface area contributed by atoms with Crippen molar-refractivity contribution in [3.8, 4) is 17.2 Å². The van der Waals surface area contributed by atoms with Crippen LogP contribution in [0.5, 0.6) is 17.2 Å². The molecule has 11 heteroatoms. The molecule has 0 bridgehead atoms. The highest BCUT2D eigenvalue weighted by Gasteiger charge is 2.35. The van der Waals surface area contributed by atoms with Crippen LogP contribution in [0.4, 0.5) is 11.6 Å². The van der Waals surface area contributed by atoms with Gasteiger partial charge in [0, 0.05) is 5.70 Å². The number of carbonyl (C=O) groups is 1. The quantitative estimate of drug-likeness (QED) is 0.252. The average Bonchev–Trinajstić information content (AvgIpc) is 3.40. The van der Waals surface area contributed by atoms with Gasteiger partial charge in [0.15, 0.2) is 11.5 Å². The SMILES string of the molecule is CCOc1ccccc1NC(=O)C1=C(C)Nc2nnnn2C1c1cc(Br)c(OCc2cccc(C)c2)c(OC)c1. The molecular weight excluding hydrogens is 576 g/mol. The van der Waals surface area contributed by atoms with Gasteiger partial charge in [-0.05, 0) is 82.5 Å². The summed E-state index contributed by atoms with van der Waals surface area (Å²) in [4.78, 5) is 13.8. The first kappa shape index (κ1) is 27.2. The van der Waals surface area contributed by atoms with Crippen molar-refractivity contribution < 1.29 is 19.0 Å². The Morgan fingerprint density at radius 3 is 2.67 bits per heavy atom. The fraction of sp³-hybridized carbons (Fsp3) is 0.241. The third-order valence-corrected chi connectivity index (χ3v) is 7.02. The van der Waals surface area contributed by atoms with Crippen LogP contribution in [0.3, 0.4) is 0 Å². The largest absolute Gasteiger partial charge is 0.493 e. The number of nitrogens with one attached hydrogen (secondary N) is 2. The molecule has 3 aromatic carbocycles. The van der Waals surface area contributed by atoms with E-state index in [1.54, 1.807) is 17.9 Å². The first-order valence-electron chi connectivity index (χ1n) is 12.7. The van der Waals surface area contributed by atoms with Crippen molar-refractivity contribution in [3.05, 3.63) is 93.1 Å². The summed E-state index contributed by atoms with van der Waals surface area (Å²) in [5.74, 6) is 1.74. The van der Waals surface area contributed by atoms with Crippen molar-refractivity contribution in [2.24, 2.45) is 0 Å². The third kappa shape index (κ3) is 5.50. The average molecular weight is 605 g/mol. The Kier molecular flexibility index (Phi) is 8.01. The molecule has 0 saturated heterocycles. The molecule has 4 aromatic rings. The highest BCUT2D eigenvalue weighted by Crippen LogP contribution is 2.43. The number of tetrazole rings is 1. The molecule has 2 heterocycles. The number of anilines is 2. The lowest BCUT2D eigenvalue weighted by Gasteiger charge is -2.29. The number of para-hydroxylation sites is 2. The fourth-order valence-corrected chi connectivity index (χ4v) is 5.22. The van der Waals surface area contributed by atoms with Crippen LogP contribution in [-0.2, 0) is 11.4 Å². The summed E-state index contributed by atoms with van der Waals surface area (Å²) in [6.07, 6.45) is 0. The first-order chi connectivity index (χ1) is 19.4. The summed E-state index contributed by atoms with van der Waals surface area (Å²) in [5, 5.41) is 18.3. The maximum Gasteiger partial charge on any atom is 0.255 e. The number of allylic oxidation sites excluding steroid dienone is 1. The number of hydrogen-bond donors (Lipinski definition) is 2. The summed E-state index contributed by atoms with van der Waals surface area (Å²) in [6.45, 7) is 6.59. The monoisotopic (exact) mass is 604 g/mol. The van der Waals surface area contributed by atoms with Crippen molar-refractivity contribution in [1.82, 2.24) is 20.2 Å². The summed E-state index contributed by atoms with van der Waals surface area (Å²) < 4.78 is 19.9. The zero-order chi connectivity index (χ0) is 28.2. The van der Waals surface area contributed by atoms with Crippen molar-refractivity contribution in [2.75, 3.05) is 24.4 Å². The fourth-order valence-electron chi connectivity index (χ4n) is 4.65. The number of amides is 1. The zero-order valence-electron chi connectivity index (χ0n) is 22.6. The van der Waals surface area contributed by atoms with E-state index in [-0.39, 0.29) is 5.91 Å². The van der Waals surface area contributed by atoms with E-state index in [9.17, 15) is 4.79 Å². The number of rotatable bonds is 9. The molecule has 1 amide bonds. The zero-order valence-corrected chi connectivity index (χ0v) is 24.2. The topological polar surface area (TPSA) is 112 Å². The van der Waals surface area contributed by atoms with Crippen LogP contribution in [0.15, 0.2) is 76.4 Å². The summed E-state index contributed by atoms with van der Waals surface area (Å²) in [7, 11) is 1.58. The minimum atomic E-state index is -0.651. The number of aryl methyl sites for hydroxylation is 1. The lowest BCUT2D eigenvalue weighted by Crippen LogP contribution is -2.31. The Morgan fingerprint density at radius 1 is 1.07 bits per heavy atom. The van der Waals surface area contributed by atoms with Crippen LogP contribution in [0, 0.1) is 6.92 Å². The Labute approximate surface area is 240 Å². The molecule has 10 nitrogen and oxygen atoms in total. The number of aromatic nitrogens is 4.